The maximum Gasteiger partial charge on any atom is 0.160 e. The van der Waals surface area contributed by atoms with Crippen LogP contribution in [0.2, 0.25) is 0 Å². The first-order chi connectivity index (χ1) is 9.56. The van der Waals surface area contributed by atoms with Gasteiger partial charge in [-0.05, 0) is 61.9 Å². The Balaban J connectivity index is 2.09. The topological polar surface area (TPSA) is 34.0 Å². The highest BCUT2D eigenvalue weighted by Crippen LogP contribution is 2.32. The molecule has 0 saturated carbocycles. The number of rotatable bonds is 2. The van der Waals surface area contributed by atoms with Gasteiger partial charge in [0.05, 0.1) is 5.38 Å². The minimum absolute atomic E-state index is 0.109. The van der Waals surface area contributed by atoms with Gasteiger partial charge in [-0.25, -0.2) is 9.97 Å². The van der Waals surface area contributed by atoms with Crippen LogP contribution in [0.5, 0.6) is 0 Å². The van der Waals surface area contributed by atoms with Crippen LogP contribution in [-0.2, 0) is 0 Å². The molecule has 1 unspecified atom stereocenters. The molecule has 1 fully saturated rings. The predicted molar refractivity (Wildman–Crippen MR) is 85.3 cm³/mol. The molecule has 1 saturated heterocycles. The molecule has 0 spiro atoms. The molecule has 2 aromatic heterocycles. The van der Waals surface area contributed by atoms with Crippen molar-refractivity contribution in [1.82, 2.24) is 19.4 Å². The largest absolute Gasteiger partial charge is 0.308 e. The number of nitrogens with zero attached hydrogens (tertiary/aromatic N) is 4. The highest BCUT2D eigenvalue weighted by Gasteiger charge is 2.25. The molecule has 3 heterocycles. The van der Waals surface area contributed by atoms with Crippen LogP contribution in [0.3, 0.4) is 0 Å². The van der Waals surface area contributed by atoms with Crippen molar-refractivity contribution >= 4 is 38.7 Å². The quantitative estimate of drug-likeness (QED) is 0.767. The van der Waals surface area contributed by atoms with Crippen LogP contribution < -0.4 is 0 Å². The number of alkyl halides is 1. The molecular formula is C14H18BrClN4. The summed E-state index contributed by atoms with van der Waals surface area (Å²) < 4.78 is 3.21. The summed E-state index contributed by atoms with van der Waals surface area (Å²) in [6.07, 6.45) is 4.07. The molecule has 1 atom stereocenters. The summed E-state index contributed by atoms with van der Waals surface area (Å²) in [6.45, 7) is 4.19. The van der Waals surface area contributed by atoms with Gasteiger partial charge >= 0.3 is 0 Å². The van der Waals surface area contributed by atoms with Crippen LogP contribution in [0.25, 0.3) is 11.2 Å². The lowest BCUT2D eigenvalue weighted by atomic mass is 10.1. The second-order valence-electron chi connectivity index (χ2n) is 5.49. The number of halogens is 2. The molecule has 6 heteroatoms. The first kappa shape index (κ1) is 14.3. The number of hydrogen-bond acceptors (Lipinski definition) is 3. The van der Waals surface area contributed by atoms with E-state index < -0.39 is 0 Å². The average molecular weight is 358 g/mol. The van der Waals surface area contributed by atoms with Crippen molar-refractivity contribution < 1.29 is 0 Å². The van der Waals surface area contributed by atoms with Crippen molar-refractivity contribution in [3.63, 3.8) is 0 Å². The molecule has 3 rings (SSSR count). The van der Waals surface area contributed by atoms with Crippen molar-refractivity contribution in [1.29, 1.82) is 0 Å². The van der Waals surface area contributed by atoms with Crippen LogP contribution in [0.4, 0.5) is 0 Å². The minimum Gasteiger partial charge on any atom is -0.308 e. The average Bonchev–Trinajstić information content (AvgIpc) is 2.78. The molecule has 108 valence electrons. The lowest BCUT2D eigenvalue weighted by Gasteiger charge is -2.31. The zero-order chi connectivity index (χ0) is 14.3. The first-order valence-corrected chi connectivity index (χ1v) is 8.15. The summed E-state index contributed by atoms with van der Waals surface area (Å²) >= 11 is 9.79. The second-order valence-corrected chi connectivity index (χ2v) is 7.06. The van der Waals surface area contributed by atoms with E-state index in [2.05, 4.69) is 37.4 Å². The van der Waals surface area contributed by atoms with E-state index in [1.54, 1.807) is 0 Å². The first-order valence-electron chi connectivity index (χ1n) is 6.92. The van der Waals surface area contributed by atoms with E-state index in [1.165, 1.54) is 0 Å². The lowest BCUT2D eigenvalue weighted by molar-refractivity contribution is 0.221. The number of fused-ring (bicyclic) bond motifs is 1. The van der Waals surface area contributed by atoms with Crippen molar-refractivity contribution in [2.45, 2.75) is 31.2 Å². The molecule has 0 bridgehead atoms. The van der Waals surface area contributed by atoms with E-state index in [1.807, 2.05) is 19.2 Å². The maximum atomic E-state index is 6.33. The standard InChI is InChI=1S/C14H18BrClN4/c1-9(16)13-18-12-7-10(15)8-17-14(12)20(13)11-3-5-19(2)6-4-11/h7-9,11H,3-6H2,1-2H3. The number of piperidine rings is 1. The Morgan fingerprint density at radius 1 is 1.40 bits per heavy atom. The molecule has 4 nitrogen and oxygen atoms in total. The fourth-order valence-corrected chi connectivity index (χ4v) is 3.34. The van der Waals surface area contributed by atoms with Crippen LogP contribution in [0, 0.1) is 0 Å². The summed E-state index contributed by atoms with van der Waals surface area (Å²) in [5.74, 6) is 0.932. The van der Waals surface area contributed by atoms with E-state index >= 15 is 0 Å². The van der Waals surface area contributed by atoms with Crippen LogP contribution in [-0.4, -0.2) is 39.6 Å². The maximum absolute atomic E-state index is 6.33. The summed E-state index contributed by atoms with van der Waals surface area (Å²) in [4.78, 5) is 11.6. The molecule has 0 radical (unpaired) electrons. The molecule has 0 aliphatic carbocycles. The molecule has 0 N–H and O–H groups in total. The molecule has 1 aliphatic rings. The van der Waals surface area contributed by atoms with Crippen LogP contribution >= 0.6 is 27.5 Å². The molecule has 2 aromatic rings. The van der Waals surface area contributed by atoms with Gasteiger partial charge in [-0.15, -0.1) is 11.6 Å². The van der Waals surface area contributed by atoms with Crippen molar-refractivity contribution in [2.24, 2.45) is 0 Å². The fourth-order valence-electron chi connectivity index (χ4n) is 2.87. The van der Waals surface area contributed by atoms with Gasteiger partial charge in [-0.1, -0.05) is 0 Å². The van der Waals surface area contributed by atoms with Crippen molar-refractivity contribution in [2.75, 3.05) is 20.1 Å². The summed E-state index contributed by atoms with van der Waals surface area (Å²) in [5.41, 5.74) is 1.87. The molecule has 1 aliphatic heterocycles. The molecular weight excluding hydrogens is 340 g/mol. The number of aromatic nitrogens is 3. The Labute approximate surface area is 132 Å². The SMILES string of the molecule is CC(Cl)c1nc2cc(Br)cnc2n1C1CCN(C)CC1. The third kappa shape index (κ3) is 2.59. The zero-order valence-electron chi connectivity index (χ0n) is 11.7. The van der Waals surface area contributed by atoms with Gasteiger partial charge in [0.2, 0.25) is 0 Å². The van der Waals surface area contributed by atoms with Crippen LogP contribution in [0.15, 0.2) is 16.7 Å². The Morgan fingerprint density at radius 3 is 2.75 bits per heavy atom. The Kier molecular flexibility index (Phi) is 4.02. The van der Waals surface area contributed by atoms with E-state index in [-0.39, 0.29) is 5.38 Å². The zero-order valence-corrected chi connectivity index (χ0v) is 14.0. The monoisotopic (exact) mass is 356 g/mol. The van der Waals surface area contributed by atoms with E-state index in [4.69, 9.17) is 16.6 Å². The van der Waals surface area contributed by atoms with E-state index in [9.17, 15) is 0 Å². The Bertz CT molecular complexity index is 617. The summed E-state index contributed by atoms with van der Waals surface area (Å²) in [6, 6.07) is 2.46. The summed E-state index contributed by atoms with van der Waals surface area (Å²) in [5, 5.41) is -0.109. The molecule has 0 amide bonds. The van der Waals surface area contributed by atoms with Gasteiger partial charge < -0.3 is 9.47 Å². The predicted octanol–water partition coefficient (Wildman–Crippen LogP) is 3.76. The van der Waals surface area contributed by atoms with Gasteiger partial charge in [-0.3, -0.25) is 0 Å². The number of hydrogen-bond donors (Lipinski definition) is 0. The highest BCUT2D eigenvalue weighted by molar-refractivity contribution is 9.10. The number of imidazole rings is 1. The highest BCUT2D eigenvalue weighted by atomic mass is 79.9. The van der Waals surface area contributed by atoms with Gasteiger partial charge in [0.1, 0.15) is 11.3 Å². The normalized spacial score (nSPS) is 19.6. The van der Waals surface area contributed by atoms with Gasteiger partial charge in [-0.2, -0.15) is 0 Å². The lowest BCUT2D eigenvalue weighted by Crippen LogP contribution is -2.32. The third-order valence-electron chi connectivity index (χ3n) is 3.93. The number of likely N-dealkylation sites (tertiary alicyclic amines) is 1. The van der Waals surface area contributed by atoms with E-state index in [0.29, 0.717) is 6.04 Å². The minimum atomic E-state index is -0.109. The van der Waals surface area contributed by atoms with Gasteiger partial charge in [0, 0.05) is 16.7 Å². The molecule has 0 aromatic carbocycles. The van der Waals surface area contributed by atoms with E-state index in [0.717, 1.165) is 47.4 Å². The Hall–Kier alpha value is -0.650. The van der Waals surface area contributed by atoms with Crippen molar-refractivity contribution in [3.8, 4) is 0 Å². The fraction of sp³-hybridized carbons (Fsp3) is 0.571. The van der Waals surface area contributed by atoms with Crippen molar-refractivity contribution in [3.05, 3.63) is 22.6 Å². The summed E-state index contributed by atoms with van der Waals surface area (Å²) in [7, 11) is 2.17. The van der Waals surface area contributed by atoms with Crippen LogP contribution in [0.1, 0.15) is 37.0 Å². The van der Waals surface area contributed by atoms with Gasteiger partial charge in [0.25, 0.3) is 0 Å². The Morgan fingerprint density at radius 2 is 2.10 bits per heavy atom. The smallest absolute Gasteiger partial charge is 0.160 e. The van der Waals surface area contributed by atoms with Gasteiger partial charge in [0.15, 0.2) is 5.65 Å². The third-order valence-corrected chi connectivity index (χ3v) is 4.56. The molecule has 20 heavy (non-hydrogen) atoms. The second kappa shape index (κ2) is 5.62. The number of pyridine rings is 1.